The third kappa shape index (κ3) is 5.21. The lowest BCUT2D eigenvalue weighted by molar-refractivity contribution is -0.132. The van der Waals surface area contributed by atoms with E-state index in [0.29, 0.717) is 22.7 Å². The van der Waals surface area contributed by atoms with Gasteiger partial charge in [0.2, 0.25) is 15.9 Å². The van der Waals surface area contributed by atoms with Gasteiger partial charge >= 0.3 is 4.87 Å². The maximum atomic E-state index is 12.9. The second-order valence-corrected chi connectivity index (χ2v) is 11.6. The van der Waals surface area contributed by atoms with E-state index in [4.69, 9.17) is 0 Å². The van der Waals surface area contributed by atoms with Crippen LogP contribution in [0.15, 0.2) is 27.9 Å². The molecule has 1 amide bonds. The third-order valence-corrected chi connectivity index (χ3v) is 9.01. The van der Waals surface area contributed by atoms with Crippen LogP contribution in [-0.4, -0.2) is 42.9 Å². The summed E-state index contributed by atoms with van der Waals surface area (Å²) in [6.07, 6.45) is 7.32. The van der Waals surface area contributed by atoms with Gasteiger partial charge in [0.25, 0.3) is 0 Å². The first-order valence-electron chi connectivity index (χ1n) is 11.3. The van der Waals surface area contributed by atoms with Gasteiger partial charge in [-0.3, -0.25) is 14.2 Å². The quantitative estimate of drug-likeness (QED) is 0.709. The summed E-state index contributed by atoms with van der Waals surface area (Å²) in [5, 5.41) is 0. The van der Waals surface area contributed by atoms with E-state index < -0.39 is 10.0 Å². The van der Waals surface area contributed by atoms with Crippen molar-refractivity contribution in [1.29, 1.82) is 0 Å². The minimum absolute atomic E-state index is 0.0268. The minimum atomic E-state index is -3.63. The summed E-state index contributed by atoms with van der Waals surface area (Å²) in [4.78, 5) is 26.9. The van der Waals surface area contributed by atoms with E-state index in [9.17, 15) is 18.0 Å². The minimum Gasteiger partial charge on any atom is -0.343 e. The van der Waals surface area contributed by atoms with Crippen LogP contribution >= 0.6 is 11.3 Å². The summed E-state index contributed by atoms with van der Waals surface area (Å²) in [7, 11) is -3.63. The van der Waals surface area contributed by atoms with Crippen molar-refractivity contribution in [1.82, 2.24) is 14.2 Å². The first-order valence-corrected chi connectivity index (χ1v) is 13.6. The van der Waals surface area contributed by atoms with Gasteiger partial charge in [-0.15, -0.1) is 0 Å². The van der Waals surface area contributed by atoms with Gasteiger partial charge in [-0.25, -0.2) is 13.1 Å². The van der Waals surface area contributed by atoms with Gasteiger partial charge < -0.3 is 4.90 Å². The third-order valence-electron chi connectivity index (χ3n) is 6.55. The number of hydrogen-bond acceptors (Lipinski definition) is 5. The number of carbonyl (C=O) groups excluding carboxylic acids is 1. The van der Waals surface area contributed by atoms with E-state index in [0.717, 1.165) is 63.0 Å². The molecule has 2 fully saturated rings. The van der Waals surface area contributed by atoms with Gasteiger partial charge in [0.05, 0.1) is 15.1 Å². The Hall–Kier alpha value is -1.71. The van der Waals surface area contributed by atoms with Crippen LogP contribution in [0.5, 0.6) is 0 Å². The molecule has 0 atom stereocenters. The lowest BCUT2D eigenvalue weighted by atomic mass is 9.88. The summed E-state index contributed by atoms with van der Waals surface area (Å²) in [5.74, 6) is 0.729. The number of benzene rings is 1. The molecule has 1 N–H and O–H groups in total. The molecular weight excluding hydrogens is 434 g/mol. The largest absolute Gasteiger partial charge is 0.343 e. The Labute approximate surface area is 187 Å². The molecule has 0 unspecified atom stereocenters. The molecule has 9 heteroatoms. The molecule has 2 aromatic rings. The molecule has 4 rings (SSSR count). The van der Waals surface area contributed by atoms with Crippen LogP contribution in [-0.2, 0) is 21.4 Å². The second kappa shape index (κ2) is 9.42. The highest BCUT2D eigenvalue weighted by Crippen LogP contribution is 2.26. The van der Waals surface area contributed by atoms with Crippen molar-refractivity contribution in [2.75, 3.05) is 13.1 Å². The zero-order valence-corrected chi connectivity index (χ0v) is 19.6. The van der Waals surface area contributed by atoms with Crippen LogP contribution in [0.1, 0.15) is 58.3 Å². The lowest BCUT2D eigenvalue weighted by Gasteiger charge is -2.26. The van der Waals surface area contributed by atoms with Gasteiger partial charge in [-0.05, 0) is 69.1 Å². The van der Waals surface area contributed by atoms with Crippen molar-refractivity contribution in [3.05, 3.63) is 27.9 Å². The number of thiazole rings is 1. The Morgan fingerprint density at radius 3 is 2.55 bits per heavy atom. The van der Waals surface area contributed by atoms with E-state index in [-0.39, 0.29) is 28.1 Å². The number of fused-ring (bicyclic) bond motifs is 1. The fraction of sp³-hybridized carbons (Fsp3) is 0.636. The van der Waals surface area contributed by atoms with Crippen molar-refractivity contribution < 1.29 is 13.2 Å². The van der Waals surface area contributed by atoms with E-state index >= 15 is 0 Å². The van der Waals surface area contributed by atoms with Gasteiger partial charge in [-0.1, -0.05) is 18.3 Å². The fourth-order valence-corrected chi connectivity index (χ4v) is 6.96. The number of likely N-dealkylation sites (tertiary alicyclic amines) is 1. The van der Waals surface area contributed by atoms with Gasteiger partial charge in [0.1, 0.15) is 0 Å². The number of aryl methyl sites for hydroxylation is 1. The summed E-state index contributed by atoms with van der Waals surface area (Å²) in [5.41, 5.74) is 0.687. The number of nitrogens with one attached hydrogen (secondary N) is 1. The predicted molar refractivity (Wildman–Crippen MR) is 123 cm³/mol. The number of nitrogens with zero attached hydrogens (tertiary/aromatic N) is 2. The number of hydrogen-bond donors (Lipinski definition) is 1. The summed E-state index contributed by atoms with van der Waals surface area (Å²) >= 11 is 1.03. The van der Waals surface area contributed by atoms with Crippen LogP contribution in [0, 0.1) is 5.92 Å². The highest BCUT2D eigenvalue weighted by molar-refractivity contribution is 7.89. The van der Waals surface area contributed by atoms with Gasteiger partial charge in [-0.2, -0.15) is 0 Å². The van der Waals surface area contributed by atoms with Gasteiger partial charge in [0.15, 0.2) is 0 Å². The average molecular weight is 466 g/mol. The van der Waals surface area contributed by atoms with Crippen LogP contribution in [0.4, 0.5) is 0 Å². The number of sulfonamides is 1. The number of amides is 1. The molecule has 170 valence electrons. The summed E-state index contributed by atoms with van der Waals surface area (Å²) in [6, 6.07) is 4.81. The van der Waals surface area contributed by atoms with Crippen LogP contribution in [0.25, 0.3) is 10.2 Å². The molecule has 0 bridgehead atoms. The molecule has 1 saturated heterocycles. The molecule has 1 saturated carbocycles. The van der Waals surface area contributed by atoms with Crippen molar-refractivity contribution in [2.24, 2.45) is 5.92 Å². The van der Waals surface area contributed by atoms with E-state index in [2.05, 4.69) is 11.6 Å². The van der Waals surface area contributed by atoms with E-state index in [1.54, 1.807) is 22.8 Å². The predicted octanol–water partition coefficient (Wildman–Crippen LogP) is 3.32. The molecule has 1 aromatic heterocycles. The molecule has 2 aliphatic rings. The Morgan fingerprint density at radius 2 is 1.84 bits per heavy atom. The zero-order chi connectivity index (χ0) is 22.0. The first-order chi connectivity index (χ1) is 14.8. The monoisotopic (exact) mass is 465 g/mol. The average Bonchev–Trinajstić information content (AvgIpc) is 3.08. The van der Waals surface area contributed by atoms with E-state index in [1.165, 1.54) is 6.42 Å². The fourth-order valence-electron chi connectivity index (χ4n) is 4.60. The number of aromatic nitrogens is 1. The highest BCUT2D eigenvalue weighted by atomic mass is 32.2. The molecule has 0 radical (unpaired) electrons. The molecule has 0 spiro atoms. The first kappa shape index (κ1) is 22.5. The zero-order valence-electron chi connectivity index (χ0n) is 18.0. The molecule has 7 nitrogen and oxygen atoms in total. The number of carbonyl (C=O) groups is 1. The Balaban J connectivity index is 1.47. The summed E-state index contributed by atoms with van der Waals surface area (Å²) in [6.45, 7) is 4.11. The normalized spacial score (nSPS) is 22.7. The van der Waals surface area contributed by atoms with Crippen LogP contribution in [0.2, 0.25) is 0 Å². The molecule has 1 aliphatic heterocycles. The second-order valence-electron chi connectivity index (χ2n) is 8.92. The standard InChI is InChI=1S/C22H31N3O4S2/c1-16-5-7-17(8-6-16)23-31(28,29)18-9-10-19-20(15-18)30-22(27)25(19)14-11-21(26)24-12-3-2-4-13-24/h9-10,15-17,23H,2-8,11-14H2,1H3. The molecular formula is C22H31N3O4S2. The SMILES string of the molecule is CC1CCC(NS(=O)(=O)c2ccc3c(c2)sc(=O)n3CCC(=O)N2CCCCC2)CC1. The Kier molecular flexibility index (Phi) is 6.83. The van der Waals surface area contributed by atoms with Gasteiger partial charge in [0, 0.05) is 32.1 Å². The lowest BCUT2D eigenvalue weighted by Crippen LogP contribution is -2.37. The molecule has 2 heterocycles. The van der Waals surface area contributed by atoms with Crippen molar-refractivity contribution in [3.63, 3.8) is 0 Å². The van der Waals surface area contributed by atoms with Crippen molar-refractivity contribution >= 4 is 37.5 Å². The van der Waals surface area contributed by atoms with Crippen molar-refractivity contribution in [3.8, 4) is 0 Å². The Morgan fingerprint density at radius 1 is 1.13 bits per heavy atom. The summed E-state index contributed by atoms with van der Waals surface area (Å²) < 4.78 is 30.8. The number of rotatable bonds is 6. The Bertz CT molecular complexity index is 1090. The number of piperidine rings is 1. The van der Waals surface area contributed by atoms with Crippen LogP contribution < -0.4 is 9.60 Å². The highest BCUT2D eigenvalue weighted by Gasteiger charge is 2.25. The smallest absolute Gasteiger partial charge is 0.308 e. The maximum absolute atomic E-state index is 12.9. The maximum Gasteiger partial charge on any atom is 0.308 e. The topological polar surface area (TPSA) is 88.5 Å². The molecule has 31 heavy (non-hydrogen) atoms. The van der Waals surface area contributed by atoms with E-state index in [1.807, 2.05) is 4.90 Å². The molecule has 1 aliphatic carbocycles. The van der Waals surface area contributed by atoms with Crippen LogP contribution in [0.3, 0.4) is 0 Å². The molecule has 1 aromatic carbocycles. The van der Waals surface area contributed by atoms with Crippen molar-refractivity contribution in [2.45, 2.75) is 75.8 Å².